The van der Waals surface area contributed by atoms with Gasteiger partial charge in [-0.2, -0.15) is 0 Å². The van der Waals surface area contributed by atoms with Crippen molar-refractivity contribution in [2.24, 2.45) is 0 Å². The number of non-ortho nitro benzene ring substituents is 1. The molecular weight excluding hydrogens is 548 g/mol. The quantitative estimate of drug-likeness (QED) is 0.140. The Morgan fingerprint density at radius 3 is 2.58 bits per heavy atom. The number of thioether (sulfide) groups is 1. The summed E-state index contributed by atoms with van der Waals surface area (Å²) in [5.74, 6) is 0.335. The van der Waals surface area contributed by atoms with Crippen LogP contribution in [0.3, 0.4) is 0 Å². The molecule has 33 heavy (non-hydrogen) atoms. The highest BCUT2D eigenvalue weighted by Gasteiger charge is 2.33. The van der Waals surface area contributed by atoms with Crippen molar-refractivity contribution in [2.45, 2.75) is 6.61 Å². The second kappa shape index (κ2) is 10.0. The molecule has 3 aromatic carbocycles. The maximum Gasteiger partial charge on any atom is 0.270 e. The van der Waals surface area contributed by atoms with Gasteiger partial charge in [0.05, 0.1) is 20.5 Å². The van der Waals surface area contributed by atoms with E-state index < -0.39 is 4.92 Å². The van der Waals surface area contributed by atoms with Crippen molar-refractivity contribution in [3.8, 4) is 5.75 Å². The van der Waals surface area contributed by atoms with E-state index in [1.807, 2.05) is 18.2 Å². The second-order valence-corrected chi connectivity index (χ2v) is 9.80. The van der Waals surface area contributed by atoms with Gasteiger partial charge in [-0.25, -0.2) is 0 Å². The Kier molecular flexibility index (Phi) is 7.14. The summed E-state index contributed by atoms with van der Waals surface area (Å²) < 4.78 is 7.07. The Morgan fingerprint density at radius 2 is 1.88 bits per heavy atom. The van der Waals surface area contributed by atoms with Gasteiger partial charge in [0.15, 0.2) is 4.32 Å². The van der Waals surface area contributed by atoms with Crippen molar-refractivity contribution >= 4 is 79.2 Å². The minimum atomic E-state index is -0.446. The number of nitro benzene ring substituents is 1. The Morgan fingerprint density at radius 1 is 1.15 bits per heavy atom. The lowest BCUT2D eigenvalue weighted by Gasteiger charge is -2.15. The molecule has 166 valence electrons. The van der Waals surface area contributed by atoms with Crippen LogP contribution in [0.2, 0.25) is 5.02 Å². The number of halogens is 2. The van der Waals surface area contributed by atoms with Crippen molar-refractivity contribution in [3.63, 3.8) is 0 Å². The normalized spacial score (nSPS) is 14.7. The second-order valence-electron chi connectivity index (χ2n) is 6.87. The monoisotopic (exact) mass is 560 g/mol. The molecule has 6 nitrogen and oxygen atoms in total. The molecule has 3 aromatic rings. The van der Waals surface area contributed by atoms with Crippen LogP contribution in [0.15, 0.2) is 76.1 Å². The van der Waals surface area contributed by atoms with Gasteiger partial charge in [-0.05, 0) is 64.0 Å². The average Bonchev–Trinajstić information content (AvgIpc) is 3.08. The van der Waals surface area contributed by atoms with Gasteiger partial charge < -0.3 is 4.74 Å². The number of rotatable bonds is 6. The van der Waals surface area contributed by atoms with Crippen LogP contribution in [-0.2, 0) is 11.4 Å². The number of hydrogen-bond donors (Lipinski definition) is 0. The zero-order valence-corrected chi connectivity index (χ0v) is 20.7. The predicted octanol–water partition coefficient (Wildman–Crippen LogP) is 7.00. The van der Waals surface area contributed by atoms with Crippen LogP contribution in [0.25, 0.3) is 6.08 Å². The maximum absolute atomic E-state index is 13.1. The molecular formula is C23H14BrClN2O4S2. The fourth-order valence-corrected chi connectivity index (χ4v) is 4.77. The van der Waals surface area contributed by atoms with Crippen molar-refractivity contribution < 1.29 is 14.5 Å². The van der Waals surface area contributed by atoms with Crippen LogP contribution in [-0.4, -0.2) is 15.2 Å². The first-order chi connectivity index (χ1) is 15.8. The highest BCUT2D eigenvalue weighted by Crippen LogP contribution is 2.38. The molecule has 0 saturated carbocycles. The molecule has 1 aliphatic rings. The summed E-state index contributed by atoms with van der Waals surface area (Å²) in [6.45, 7) is 0.223. The molecule has 0 aliphatic carbocycles. The molecule has 1 aliphatic heterocycles. The van der Waals surface area contributed by atoms with Gasteiger partial charge in [0.1, 0.15) is 12.4 Å². The fraction of sp³-hybridized carbons (Fsp3) is 0.0435. The highest BCUT2D eigenvalue weighted by atomic mass is 79.9. The zero-order chi connectivity index (χ0) is 23.5. The van der Waals surface area contributed by atoms with Crippen LogP contribution in [0, 0.1) is 10.1 Å². The van der Waals surface area contributed by atoms with Crippen molar-refractivity contribution in [3.05, 3.63) is 102 Å². The largest absolute Gasteiger partial charge is 0.488 e. The summed E-state index contributed by atoms with van der Waals surface area (Å²) >= 11 is 16.2. The number of nitrogens with zero attached hydrogens (tertiary/aromatic N) is 2. The van der Waals surface area contributed by atoms with E-state index in [0.717, 1.165) is 10.0 Å². The van der Waals surface area contributed by atoms with E-state index in [-0.39, 0.29) is 18.2 Å². The number of benzene rings is 3. The van der Waals surface area contributed by atoms with E-state index in [1.54, 1.807) is 42.5 Å². The van der Waals surface area contributed by atoms with Crippen LogP contribution < -0.4 is 9.64 Å². The van der Waals surface area contributed by atoms with Crippen LogP contribution in [0.1, 0.15) is 11.1 Å². The first-order valence-corrected chi connectivity index (χ1v) is 11.9. The van der Waals surface area contributed by atoms with Gasteiger partial charge in [-0.15, -0.1) is 0 Å². The Hall–Kier alpha value is -2.72. The van der Waals surface area contributed by atoms with Crippen molar-refractivity contribution in [2.75, 3.05) is 4.90 Å². The first kappa shape index (κ1) is 23.4. The smallest absolute Gasteiger partial charge is 0.270 e. The lowest BCUT2D eigenvalue weighted by atomic mass is 10.1. The number of nitro groups is 1. The summed E-state index contributed by atoms with van der Waals surface area (Å²) in [6, 6.07) is 18.7. The molecule has 10 heteroatoms. The number of amides is 1. The minimum Gasteiger partial charge on any atom is -0.488 e. The Balaban J connectivity index is 1.54. The Labute approximate surface area is 212 Å². The summed E-state index contributed by atoms with van der Waals surface area (Å²) in [5, 5.41) is 11.3. The number of hydrogen-bond acceptors (Lipinski definition) is 6. The summed E-state index contributed by atoms with van der Waals surface area (Å²) in [4.78, 5) is 25.4. The van der Waals surface area contributed by atoms with Crippen LogP contribution >= 0.6 is 51.5 Å². The molecule has 0 aromatic heterocycles. The molecule has 0 unspecified atom stereocenters. The number of carbonyl (C=O) groups is 1. The molecule has 4 rings (SSSR count). The molecule has 0 radical (unpaired) electrons. The van der Waals surface area contributed by atoms with Gasteiger partial charge in [0, 0.05) is 22.2 Å². The van der Waals surface area contributed by atoms with Crippen molar-refractivity contribution in [1.82, 2.24) is 0 Å². The number of ether oxygens (including phenoxy) is 1. The summed E-state index contributed by atoms with van der Waals surface area (Å²) in [5.41, 5.74) is 2.12. The lowest BCUT2D eigenvalue weighted by molar-refractivity contribution is -0.384. The van der Waals surface area contributed by atoms with Crippen LogP contribution in [0.4, 0.5) is 11.4 Å². The third-order valence-corrected chi connectivity index (χ3v) is 7.24. The maximum atomic E-state index is 13.1. The van der Waals surface area contributed by atoms with Gasteiger partial charge in [-0.1, -0.05) is 53.8 Å². The number of anilines is 1. The zero-order valence-electron chi connectivity index (χ0n) is 16.7. The topological polar surface area (TPSA) is 72.7 Å². The van der Waals surface area contributed by atoms with E-state index >= 15 is 0 Å². The molecule has 1 heterocycles. The average molecular weight is 562 g/mol. The lowest BCUT2D eigenvalue weighted by Crippen LogP contribution is -2.27. The SMILES string of the molecule is O=C1/C(=C\c2ccccc2OCc2ccc([N+](=O)[O-])cc2)SC(=S)N1c1ccc(Br)c(Cl)c1. The fourth-order valence-electron chi connectivity index (χ4n) is 3.06. The van der Waals surface area contributed by atoms with Gasteiger partial charge in [0.2, 0.25) is 0 Å². The molecule has 1 saturated heterocycles. The third kappa shape index (κ3) is 5.27. The minimum absolute atomic E-state index is 0.0215. The van der Waals surface area contributed by atoms with Gasteiger partial charge >= 0.3 is 0 Å². The third-order valence-electron chi connectivity index (χ3n) is 4.70. The highest BCUT2D eigenvalue weighted by molar-refractivity contribution is 9.10. The summed E-state index contributed by atoms with van der Waals surface area (Å²) in [7, 11) is 0. The van der Waals surface area contributed by atoms with E-state index in [0.29, 0.717) is 31.2 Å². The number of carbonyl (C=O) groups excluding carboxylic acids is 1. The Bertz CT molecular complexity index is 1300. The summed E-state index contributed by atoms with van der Waals surface area (Å²) in [6.07, 6.45) is 1.74. The molecule has 1 amide bonds. The van der Waals surface area contributed by atoms with E-state index in [2.05, 4.69) is 15.9 Å². The molecule has 1 fully saturated rings. The van der Waals surface area contributed by atoms with Gasteiger partial charge in [0.25, 0.3) is 11.6 Å². The van der Waals surface area contributed by atoms with E-state index in [1.165, 1.54) is 28.8 Å². The number of para-hydroxylation sites is 1. The standard InChI is InChI=1S/C23H14BrClN2O4S2/c24-18-10-9-17(12-19(18)25)26-22(28)21(33-23(26)32)11-15-3-1-2-4-20(15)31-13-14-5-7-16(8-6-14)27(29)30/h1-12H,13H2/b21-11+. The number of thiocarbonyl (C=S) groups is 1. The van der Waals surface area contributed by atoms with Gasteiger partial charge in [-0.3, -0.25) is 19.8 Å². The van der Waals surface area contributed by atoms with Crippen LogP contribution in [0.5, 0.6) is 5.75 Å². The van der Waals surface area contributed by atoms with E-state index in [4.69, 9.17) is 28.6 Å². The molecule has 0 N–H and O–H groups in total. The molecule has 0 atom stereocenters. The molecule has 0 bridgehead atoms. The first-order valence-electron chi connectivity index (χ1n) is 9.51. The molecule has 0 spiro atoms. The van der Waals surface area contributed by atoms with Crippen molar-refractivity contribution in [1.29, 1.82) is 0 Å². The predicted molar refractivity (Wildman–Crippen MR) is 139 cm³/mol. The van der Waals surface area contributed by atoms with E-state index in [9.17, 15) is 14.9 Å².